The summed E-state index contributed by atoms with van der Waals surface area (Å²) in [5.74, 6) is 0.406. The Morgan fingerprint density at radius 3 is 2.74 bits per heavy atom. The van der Waals surface area contributed by atoms with Crippen molar-refractivity contribution in [3.63, 3.8) is 0 Å². The van der Waals surface area contributed by atoms with Crippen LogP contribution in [0, 0.1) is 5.92 Å². The van der Waals surface area contributed by atoms with E-state index in [1.807, 2.05) is 37.2 Å². The number of hydrogen-bond donors (Lipinski definition) is 2. The molecule has 106 valence electrons. The fourth-order valence-electron chi connectivity index (χ4n) is 1.71. The van der Waals surface area contributed by atoms with Crippen LogP contribution in [0.4, 0.5) is 11.4 Å². The number of benzene rings is 1. The van der Waals surface area contributed by atoms with Gasteiger partial charge in [0.15, 0.2) is 0 Å². The van der Waals surface area contributed by atoms with E-state index < -0.39 is 0 Å². The normalized spacial score (nSPS) is 12.1. The highest BCUT2D eigenvalue weighted by Gasteiger charge is 2.10. The molecule has 0 aliphatic carbocycles. The quantitative estimate of drug-likeness (QED) is 0.844. The van der Waals surface area contributed by atoms with Gasteiger partial charge in [0.25, 0.3) is 0 Å². The summed E-state index contributed by atoms with van der Waals surface area (Å²) < 4.78 is 0.948. The van der Waals surface area contributed by atoms with Gasteiger partial charge < -0.3 is 16.0 Å². The number of nitrogens with two attached hydrogens (primary N) is 1. The lowest BCUT2D eigenvalue weighted by molar-refractivity contribution is -0.116. The maximum Gasteiger partial charge on any atom is 0.224 e. The maximum absolute atomic E-state index is 11.9. The Hall–Kier alpha value is -1.07. The lowest BCUT2D eigenvalue weighted by Crippen LogP contribution is -2.18. The van der Waals surface area contributed by atoms with Crippen LogP contribution < -0.4 is 16.0 Å². The predicted octanol–water partition coefficient (Wildman–Crippen LogP) is 2.83. The molecule has 5 heteroatoms. The summed E-state index contributed by atoms with van der Waals surface area (Å²) in [6.45, 7) is 2.67. The molecule has 0 bridgehead atoms. The fraction of sp³-hybridized carbons (Fsp3) is 0.500. The van der Waals surface area contributed by atoms with E-state index in [2.05, 4.69) is 28.2 Å². The summed E-state index contributed by atoms with van der Waals surface area (Å²) in [5, 5.41) is 2.96. The molecule has 3 N–H and O–H groups in total. The summed E-state index contributed by atoms with van der Waals surface area (Å²) >= 11 is 3.42. The summed E-state index contributed by atoms with van der Waals surface area (Å²) in [4.78, 5) is 13.9. The van der Waals surface area contributed by atoms with Crippen LogP contribution in [-0.2, 0) is 4.79 Å². The van der Waals surface area contributed by atoms with Crippen molar-refractivity contribution in [3.8, 4) is 0 Å². The van der Waals surface area contributed by atoms with E-state index in [1.165, 1.54) is 0 Å². The number of nitrogens with zero attached hydrogens (tertiary/aromatic N) is 1. The Morgan fingerprint density at radius 1 is 1.47 bits per heavy atom. The van der Waals surface area contributed by atoms with E-state index in [9.17, 15) is 4.79 Å². The molecule has 19 heavy (non-hydrogen) atoms. The van der Waals surface area contributed by atoms with Gasteiger partial charge in [-0.25, -0.2) is 0 Å². The molecule has 0 radical (unpaired) electrons. The molecule has 4 nitrogen and oxygen atoms in total. The molecule has 1 unspecified atom stereocenters. The third kappa shape index (κ3) is 5.20. The topological polar surface area (TPSA) is 58.4 Å². The zero-order valence-electron chi connectivity index (χ0n) is 11.7. The SMILES string of the molecule is CC(CN)CCC(=O)Nc1cc(Br)ccc1N(C)C. The number of carbonyl (C=O) groups excluding carboxylic acids is 1. The van der Waals surface area contributed by atoms with Gasteiger partial charge in [0, 0.05) is 25.0 Å². The first-order valence-corrected chi connectivity index (χ1v) is 7.20. The van der Waals surface area contributed by atoms with Crippen LogP contribution in [0.1, 0.15) is 19.8 Å². The maximum atomic E-state index is 11.9. The number of amides is 1. The number of hydrogen-bond acceptors (Lipinski definition) is 3. The van der Waals surface area contributed by atoms with Crippen molar-refractivity contribution in [1.29, 1.82) is 0 Å². The minimum atomic E-state index is 0.0292. The van der Waals surface area contributed by atoms with E-state index in [0.29, 0.717) is 18.9 Å². The van der Waals surface area contributed by atoms with E-state index in [1.54, 1.807) is 0 Å². The van der Waals surface area contributed by atoms with Crippen molar-refractivity contribution in [2.24, 2.45) is 11.7 Å². The van der Waals surface area contributed by atoms with Crippen molar-refractivity contribution >= 4 is 33.2 Å². The molecule has 1 rings (SSSR count). The molecule has 1 amide bonds. The zero-order valence-corrected chi connectivity index (χ0v) is 13.3. The Kier molecular flexibility index (Phi) is 6.31. The number of rotatable bonds is 6. The predicted molar refractivity (Wildman–Crippen MR) is 84.6 cm³/mol. The van der Waals surface area contributed by atoms with E-state index in [0.717, 1.165) is 22.3 Å². The van der Waals surface area contributed by atoms with Gasteiger partial charge in [-0.3, -0.25) is 4.79 Å². The van der Waals surface area contributed by atoms with Crippen LogP contribution in [0.5, 0.6) is 0 Å². The molecular weight excluding hydrogens is 306 g/mol. The smallest absolute Gasteiger partial charge is 0.224 e. The molecule has 1 aromatic rings. The molecule has 0 aliphatic rings. The van der Waals surface area contributed by atoms with Crippen molar-refractivity contribution in [2.45, 2.75) is 19.8 Å². The Bertz CT molecular complexity index is 435. The van der Waals surface area contributed by atoms with Gasteiger partial charge in [0.2, 0.25) is 5.91 Å². The van der Waals surface area contributed by atoms with Crippen LogP contribution in [-0.4, -0.2) is 26.5 Å². The van der Waals surface area contributed by atoms with Crippen LogP contribution in [0.15, 0.2) is 22.7 Å². The highest BCUT2D eigenvalue weighted by atomic mass is 79.9. The second-order valence-corrected chi connectivity index (χ2v) is 5.90. The van der Waals surface area contributed by atoms with Crippen molar-refractivity contribution in [3.05, 3.63) is 22.7 Å². The van der Waals surface area contributed by atoms with E-state index in [4.69, 9.17) is 5.73 Å². The van der Waals surface area contributed by atoms with Crippen LogP contribution in [0.2, 0.25) is 0 Å². The highest BCUT2D eigenvalue weighted by Crippen LogP contribution is 2.28. The molecule has 0 saturated carbocycles. The van der Waals surface area contributed by atoms with E-state index >= 15 is 0 Å². The standard InChI is InChI=1S/C14H22BrN3O/c1-10(9-16)4-7-14(19)17-12-8-11(15)5-6-13(12)18(2)3/h5-6,8,10H,4,7,9,16H2,1-3H3,(H,17,19). The zero-order chi connectivity index (χ0) is 14.4. The Morgan fingerprint density at radius 2 is 2.16 bits per heavy atom. The van der Waals surface area contributed by atoms with Crippen molar-refractivity contribution < 1.29 is 4.79 Å². The molecule has 1 aromatic carbocycles. The molecule has 0 heterocycles. The Labute approximate surface area is 123 Å². The van der Waals surface area contributed by atoms with Crippen LogP contribution >= 0.6 is 15.9 Å². The van der Waals surface area contributed by atoms with Gasteiger partial charge in [-0.05, 0) is 37.1 Å². The summed E-state index contributed by atoms with van der Waals surface area (Å²) in [5.41, 5.74) is 7.36. The molecule has 1 atom stereocenters. The van der Waals surface area contributed by atoms with Gasteiger partial charge in [-0.15, -0.1) is 0 Å². The second kappa shape index (κ2) is 7.50. The van der Waals surface area contributed by atoms with Gasteiger partial charge in [0.05, 0.1) is 11.4 Å². The largest absolute Gasteiger partial charge is 0.376 e. The number of nitrogens with one attached hydrogen (secondary N) is 1. The highest BCUT2D eigenvalue weighted by molar-refractivity contribution is 9.10. The molecule has 0 fully saturated rings. The van der Waals surface area contributed by atoms with Gasteiger partial charge in [-0.1, -0.05) is 22.9 Å². The number of carbonyl (C=O) groups is 1. The molecular formula is C14H22BrN3O. The minimum absolute atomic E-state index is 0.0292. The first kappa shape index (κ1) is 16.0. The van der Waals surface area contributed by atoms with Crippen molar-refractivity contribution in [1.82, 2.24) is 0 Å². The lowest BCUT2D eigenvalue weighted by atomic mass is 10.1. The molecule has 0 spiro atoms. The van der Waals surface area contributed by atoms with Crippen LogP contribution in [0.3, 0.4) is 0 Å². The van der Waals surface area contributed by atoms with E-state index in [-0.39, 0.29) is 5.91 Å². The first-order valence-electron chi connectivity index (χ1n) is 6.40. The van der Waals surface area contributed by atoms with Crippen molar-refractivity contribution in [2.75, 3.05) is 30.9 Å². The average Bonchev–Trinajstić information content (AvgIpc) is 2.35. The number of halogens is 1. The fourth-order valence-corrected chi connectivity index (χ4v) is 2.07. The van der Waals surface area contributed by atoms with Crippen LogP contribution in [0.25, 0.3) is 0 Å². The third-order valence-electron chi connectivity index (χ3n) is 2.98. The van der Waals surface area contributed by atoms with Gasteiger partial charge in [-0.2, -0.15) is 0 Å². The third-order valence-corrected chi connectivity index (χ3v) is 3.47. The minimum Gasteiger partial charge on any atom is -0.376 e. The summed E-state index contributed by atoms with van der Waals surface area (Å²) in [6.07, 6.45) is 1.31. The number of anilines is 2. The van der Waals surface area contributed by atoms with Gasteiger partial charge in [0.1, 0.15) is 0 Å². The average molecular weight is 328 g/mol. The monoisotopic (exact) mass is 327 g/mol. The summed E-state index contributed by atoms with van der Waals surface area (Å²) in [6, 6.07) is 5.85. The molecule has 0 aliphatic heterocycles. The first-order chi connectivity index (χ1) is 8.93. The summed E-state index contributed by atoms with van der Waals surface area (Å²) in [7, 11) is 3.91. The molecule has 0 saturated heterocycles. The Balaban J connectivity index is 2.70. The van der Waals surface area contributed by atoms with Gasteiger partial charge >= 0.3 is 0 Å². The lowest BCUT2D eigenvalue weighted by Gasteiger charge is -2.18. The molecule has 0 aromatic heterocycles. The second-order valence-electron chi connectivity index (χ2n) is 4.98.